The highest BCUT2D eigenvalue weighted by Crippen LogP contribution is 2.30. The molecule has 3 heteroatoms. The summed E-state index contributed by atoms with van der Waals surface area (Å²) in [6.07, 6.45) is 0. The molecule has 4 rings (SSSR count). The van der Waals surface area contributed by atoms with E-state index in [9.17, 15) is 0 Å². The van der Waals surface area contributed by atoms with Crippen LogP contribution in [0.4, 0.5) is 0 Å². The quantitative estimate of drug-likeness (QED) is 0.520. The van der Waals surface area contributed by atoms with Gasteiger partial charge in [-0.15, -0.1) is 0 Å². The molecule has 0 N–H and O–H groups in total. The Morgan fingerprint density at radius 1 is 0.640 bits per heavy atom. The molecule has 120 valence electrons. The molecule has 0 aliphatic carbocycles. The van der Waals surface area contributed by atoms with Crippen molar-refractivity contribution in [2.45, 2.75) is 6.92 Å². The zero-order chi connectivity index (χ0) is 21.4. The Morgan fingerprint density at radius 3 is 2.04 bits per heavy atom. The van der Waals surface area contributed by atoms with Crippen LogP contribution in [0, 0.1) is 6.92 Å². The number of hydrogen-bond acceptors (Lipinski definition) is 3. The van der Waals surface area contributed by atoms with Crippen LogP contribution in [0.15, 0.2) is 84.8 Å². The van der Waals surface area contributed by atoms with Crippen molar-refractivity contribution in [3.05, 3.63) is 90.6 Å². The molecule has 0 radical (unpaired) electrons. The molecule has 0 amide bonds. The van der Waals surface area contributed by atoms with E-state index in [4.69, 9.17) is 6.85 Å². The Balaban J connectivity index is 1.97. The zero-order valence-corrected chi connectivity index (χ0v) is 13.5. The summed E-state index contributed by atoms with van der Waals surface area (Å²) in [6, 6.07) is 14.9. The summed E-state index contributed by atoms with van der Waals surface area (Å²) in [5, 5.41) is 0. The van der Waals surface area contributed by atoms with Crippen molar-refractivity contribution in [1.29, 1.82) is 0 Å². The van der Waals surface area contributed by atoms with Gasteiger partial charge in [-0.1, -0.05) is 84.8 Å². The van der Waals surface area contributed by atoms with Gasteiger partial charge < -0.3 is 0 Å². The molecular formula is C22H17N3. The maximum Gasteiger partial charge on any atom is 0.164 e. The van der Waals surface area contributed by atoms with E-state index in [0.717, 1.165) is 5.56 Å². The fraction of sp³-hybridized carbons (Fsp3) is 0.0455. The monoisotopic (exact) mass is 328 g/mol. The van der Waals surface area contributed by atoms with Crippen molar-refractivity contribution < 1.29 is 6.85 Å². The molecule has 25 heavy (non-hydrogen) atoms. The van der Waals surface area contributed by atoms with Crippen LogP contribution in [0.5, 0.6) is 0 Å². The van der Waals surface area contributed by atoms with Gasteiger partial charge in [-0.2, -0.15) is 0 Å². The Hall–Kier alpha value is -3.33. The summed E-state index contributed by atoms with van der Waals surface area (Å²) in [6.45, 7) is 1.77. The normalized spacial score (nSPS) is 13.4. The van der Waals surface area contributed by atoms with Crippen LogP contribution in [0.2, 0.25) is 0 Å². The number of aryl methyl sites for hydroxylation is 1. The minimum Gasteiger partial charge on any atom is -0.213 e. The topological polar surface area (TPSA) is 38.7 Å². The fourth-order valence-corrected chi connectivity index (χ4v) is 2.60. The molecule has 0 aliphatic rings. The molecule has 0 spiro atoms. The van der Waals surface area contributed by atoms with Gasteiger partial charge in [0, 0.05) is 11.1 Å². The summed E-state index contributed by atoms with van der Waals surface area (Å²) in [5.41, 5.74) is 2.00. The second kappa shape index (κ2) is 6.65. The molecule has 0 saturated carbocycles. The van der Waals surface area contributed by atoms with Crippen molar-refractivity contribution in [2.75, 3.05) is 0 Å². The SMILES string of the molecule is [2H]c1c([2H])c([2H])c(-c2ccccc2-c2nc(C)nc(-c3ccccc3)n2)c([2H])c1[2H]. The van der Waals surface area contributed by atoms with Crippen molar-refractivity contribution in [3.8, 4) is 33.9 Å². The molecule has 1 aromatic heterocycles. The van der Waals surface area contributed by atoms with Gasteiger partial charge in [0.25, 0.3) is 0 Å². The third kappa shape index (κ3) is 3.17. The van der Waals surface area contributed by atoms with E-state index < -0.39 is 6.04 Å². The number of hydrogen-bond donors (Lipinski definition) is 0. The molecule has 0 atom stereocenters. The van der Waals surface area contributed by atoms with Gasteiger partial charge in [-0.3, -0.25) is 0 Å². The Morgan fingerprint density at radius 2 is 1.28 bits per heavy atom. The molecule has 1 heterocycles. The average Bonchev–Trinajstić information content (AvgIpc) is 2.77. The van der Waals surface area contributed by atoms with E-state index in [2.05, 4.69) is 15.0 Å². The summed E-state index contributed by atoms with van der Waals surface area (Å²) >= 11 is 0. The zero-order valence-electron chi connectivity index (χ0n) is 18.5. The number of nitrogens with zero attached hydrogens (tertiary/aromatic N) is 3. The lowest BCUT2D eigenvalue weighted by molar-refractivity contribution is 0.992. The van der Waals surface area contributed by atoms with Crippen molar-refractivity contribution in [1.82, 2.24) is 15.0 Å². The molecule has 4 aromatic rings. The molecule has 0 bridgehead atoms. The van der Waals surface area contributed by atoms with E-state index in [1.165, 1.54) is 0 Å². The van der Waals surface area contributed by atoms with Crippen LogP contribution in [0.3, 0.4) is 0 Å². The van der Waals surface area contributed by atoms with Gasteiger partial charge in [0.2, 0.25) is 0 Å². The van der Waals surface area contributed by atoms with Gasteiger partial charge in [-0.05, 0) is 18.1 Å². The highest BCUT2D eigenvalue weighted by Gasteiger charge is 2.12. The summed E-state index contributed by atoms with van der Waals surface area (Å²) in [5.74, 6) is 1.41. The molecular weight excluding hydrogens is 306 g/mol. The van der Waals surface area contributed by atoms with Gasteiger partial charge in [-0.25, -0.2) is 15.0 Å². The smallest absolute Gasteiger partial charge is 0.164 e. The lowest BCUT2D eigenvalue weighted by Crippen LogP contribution is -2.00. The summed E-state index contributed by atoms with van der Waals surface area (Å²) in [4.78, 5) is 13.5. The van der Waals surface area contributed by atoms with Crippen LogP contribution in [0.25, 0.3) is 33.9 Å². The highest BCUT2D eigenvalue weighted by molar-refractivity contribution is 5.80. The van der Waals surface area contributed by atoms with Gasteiger partial charge in [0.15, 0.2) is 11.6 Å². The molecule has 0 unspecified atom stereocenters. The molecule has 0 fully saturated rings. The van der Waals surface area contributed by atoms with E-state index in [1.807, 2.05) is 30.3 Å². The van der Waals surface area contributed by atoms with Crippen LogP contribution in [0.1, 0.15) is 12.7 Å². The highest BCUT2D eigenvalue weighted by atomic mass is 15.0. The van der Waals surface area contributed by atoms with E-state index in [1.54, 1.807) is 31.2 Å². The van der Waals surface area contributed by atoms with Crippen molar-refractivity contribution in [2.24, 2.45) is 0 Å². The first-order valence-corrected chi connectivity index (χ1v) is 7.83. The second-order valence-corrected chi connectivity index (χ2v) is 5.44. The Kier molecular flexibility index (Phi) is 2.80. The van der Waals surface area contributed by atoms with E-state index >= 15 is 0 Å². The lowest BCUT2D eigenvalue weighted by atomic mass is 9.99. The first-order valence-electron chi connectivity index (χ1n) is 10.3. The first-order chi connectivity index (χ1) is 14.4. The first kappa shape index (κ1) is 10.5. The second-order valence-electron chi connectivity index (χ2n) is 5.44. The number of rotatable bonds is 3. The number of aromatic nitrogens is 3. The van der Waals surface area contributed by atoms with E-state index in [0.29, 0.717) is 28.6 Å². The van der Waals surface area contributed by atoms with Gasteiger partial charge in [0.1, 0.15) is 5.82 Å². The third-order valence-electron chi connectivity index (χ3n) is 3.72. The molecule has 3 aromatic carbocycles. The maximum absolute atomic E-state index is 8.33. The van der Waals surface area contributed by atoms with Crippen LogP contribution in [-0.2, 0) is 0 Å². The summed E-state index contributed by atoms with van der Waals surface area (Å²) in [7, 11) is 0. The van der Waals surface area contributed by atoms with Gasteiger partial charge >= 0.3 is 0 Å². The van der Waals surface area contributed by atoms with Crippen LogP contribution in [-0.4, -0.2) is 15.0 Å². The van der Waals surface area contributed by atoms with E-state index in [-0.39, 0.29) is 29.7 Å². The average molecular weight is 328 g/mol. The van der Waals surface area contributed by atoms with Gasteiger partial charge in [0.05, 0.1) is 6.85 Å². The Bertz CT molecular complexity index is 1230. The maximum atomic E-state index is 8.33. The predicted molar refractivity (Wildman–Crippen MR) is 101 cm³/mol. The molecule has 3 nitrogen and oxygen atoms in total. The molecule has 0 aliphatic heterocycles. The number of benzene rings is 3. The lowest BCUT2D eigenvalue weighted by Gasteiger charge is -2.10. The van der Waals surface area contributed by atoms with Crippen LogP contribution < -0.4 is 0 Å². The Labute approximate surface area is 154 Å². The minimum atomic E-state index is -0.423. The van der Waals surface area contributed by atoms with Crippen LogP contribution >= 0.6 is 0 Å². The predicted octanol–water partition coefficient (Wildman–Crippen LogP) is 5.18. The van der Waals surface area contributed by atoms with Crippen molar-refractivity contribution >= 4 is 0 Å². The third-order valence-corrected chi connectivity index (χ3v) is 3.72. The minimum absolute atomic E-state index is 0.121. The fourth-order valence-electron chi connectivity index (χ4n) is 2.60. The van der Waals surface area contributed by atoms with Crippen molar-refractivity contribution in [3.63, 3.8) is 0 Å². The summed E-state index contributed by atoms with van der Waals surface area (Å²) < 4.78 is 40.5. The molecule has 0 saturated heterocycles. The largest absolute Gasteiger partial charge is 0.213 e. The standard InChI is InChI=1S/C22H17N3/c1-16-23-21(18-12-6-3-7-13-18)25-22(24-16)20-15-9-8-14-19(20)17-10-4-2-5-11-17/h2-15H,1H3/i2D,4D,5D,10D,11D.